The maximum Gasteiger partial charge on any atom is 0.222 e. The number of methoxy groups -OCH3 is 1. The van der Waals surface area contributed by atoms with E-state index in [1.54, 1.807) is 18.1 Å². The number of carbonyl (C=O) groups is 1. The van der Waals surface area contributed by atoms with E-state index in [2.05, 4.69) is 19.6 Å². The molecule has 1 atom stereocenters. The summed E-state index contributed by atoms with van der Waals surface area (Å²) in [5.41, 5.74) is 0. The first kappa shape index (κ1) is 17.6. The van der Waals surface area contributed by atoms with Crippen molar-refractivity contribution in [3.63, 3.8) is 0 Å². The zero-order chi connectivity index (χ0) is 17.5. The smallest absolute Gasteiger partial charge is 0.222 e. The first-order valence-electron chi connectivity index (χ1n) is 8.88. The molecule has 1 amide bonds. The number of nitrogens with zero attached hydrogens (tertiary/aromatic N) is 6. The summed E-state index contributed by atoms with van der Waals surface area (Å²) in [4.78, 5) is 23.0. The van der Waals surface area contributed by atoms with E-state index in [0.29, 0.717) is 18.9 Å². The molecular formula is C17H26N6O2. The maximum absolute atomic E-state index is 12.5. The van der Waals surface area contributed by atoms with Crippen molar-refractivity contribution in [1.29, 1.82) is 0 Å². The van der Waals surface area contributed by atoms with Gasteiger partial charge in [-0.2, -0.15) is 5.10 Å². The number of hydrogen-bond donors (Lipinski definition) is 0. The van der Waals surface area contributed by atoms with Crippen LogP contribution in [0.3, 0.4) is 0 Å². The molecule has 0 aromatic carbocycles. The molecule has 0 N–H and O–H groups in total. The van der Waals surface area contributed by atoms with Crippen molar-refractivity contribution in [3.8, 4) is 0 Å². The van der Waals surface area contributed by atoms with Crippen LogP contribution >= 0.6 is 0 Å². The lowest BCUT2D eigenvalue weighted by molar-refractivity contribution is -0.132. The Kier molecular flexibility index (Phi) is 6.16. The quantitative estimate of drug-likeness (QED) is 0.720. The van der Waals surface area contributed by atoms with Gasteiger partial charge in [-0.15, -0.1) is 0 Å². The first-order chi connectivity index (χ1) is 12.3. The molecule has 8 nitrogen and oxygen atoms in total. The third kappa shape index (κ3) is 4.66. The third-order valence-corrected chi connectivity index (χ3v) is 4.67. The summed E-state index contributed by atoms with van der Waals surface area (Å²) < 4.78 is 9.08. The lowest BCUT2D eigenvalue weighted by atomic mass is 9.96. The molecule has 0 aliphatic carbocycles. The molecule has 3 heterocycles. The molecular weight excluding hydrogens is 320 g/mol. The Balaban J connectivity index is 1.52. The molecule has 0 saturated carbocycles. The molecule has 0 spiro atoms. The molecule has 25 heavy (non-hydrogen) atoms. The largest absolute Gasteiger partial charge is 0.383 e. The Bertz CT molecular complexity index is 654. The van der Waals surface area contributed by atoms with E-state index in [1.807, 2.05) is 17.3 Å². The Morgan fingerprint density at radius 3 is 3.12 bits per heavy atom. The summed E-state index contributed by atoms with van der Waals surface area (Å²) in [7, 11) is 1.71. The van der Waals surface area contributed by atoms with Crippen molar-refractivity contribution in [2.24, 2.45) is 0 Å². The average molecular weight is 346 g/mol. The van der Waals surface area contributed by atoms with Crippen molar-refractivity contribution in [3.05, 3.63) is 30.9 Å². The normalized spacial score (nSPS) is 17.8. The summed E-state index contributed by atoms with van der Waals surface area (Å²) in [6, 6.07) is 0. The van der Waals surface area contributed by atoms with Gasteiger partial charge in [0.25, 0.3) is 0 Å². The SMILES string of the molecule is COCCn1ccnc1C1CCCN(C(=O)CCCn2cncn2)C1. The van der Waals surface area contributed by atoms with E-state index in [-0.39, 0.29) is 5.91 Å². The molecule has 8 heteroatoms. The Morgan fingerprint density at radius 2 is 2.32 bits per heavy atom. The van der Waals surface area contributed by atoms with Crippen molar-refractivity contribution < 1.29 is 9.53 Å². The summed E-state index contributed by atoms with van der Waals surface area (Å²) in [6.45, 7) is 3.79. The van der Waals surface area contributed by atoms with Crippen LogP contribution in [0.25, 0.3) is 0 Å². The molecule has 1 aliphatic heterocycles. The van der Waals surface area contributed by atoms with Gasteiger partial charge in [0.15, 0.2) is 0 Å². The maximum atomic E-state index is 12.5. The Labute approximate surface area is 147 Å². The minimum atomic E-state index is 0.222. The predicted molar refractivity (Wildman–Crippen MR) is 91.9 cm³/mol. The fourth-order valence-corrected chi connectivity index (χ4v) is 3.37. The van der Waals surface area contributed by atoms with Crippen molar-refractivity contribution >= 4 is 5.91 Å². The molecule has 2 aromatic rings. The Hall–Kier alpha value is -2.22. The highest BCUT2D eigenvalue weighted by molar-refractivity contribution is 5.76. The van der Waals surface area contributed by atoms with Crippen LogP contribution in [-0.4, -0.2) is 61.9 Å². The number of hydrogen-bond acceptors (Lipinski definition) is 5. The molecule has 1 aliphatic rings. The highest BCUT2D eigenvalue weighted by atomic mass is 16.5. The van der Waals surface area contributed by atoms with Crippen LogP contribution in [-0.2, 0) is 22.6 Å². The van der Waals surface area contributed by atoms with Crippen LogP contribution in [0.2, 0.25) is 0 Å². The van der Waals surface area contributed by atoms with E-state index in [0.717, 1.165) is 51.3 Å². The summed E-state index contributed by atoms with van der Waals surface area (Å²) in [5, 5.41) is 4.06. The number of carbonyl (C=O) groups excluding carboxylic acids is 1. The van der Waals surface area contributed by atoms with Gasteiger partial charge in [-0.3, -0.25) is 9.48 Å². The molecule has 2 aromatic heterocycles. The van der Waals surface area contributed by atoms with Crippen molar-refractivity contribution in [2.75, 3.05) is 26.8 Å². The fraction of sp³-hybridized carbons (Fsp3) is 0.647. The summed E-state index contributed by atoms with van der Waals surface area (Å²) >= 11 is 0. The number of imidazole rings is 1. The molecule has 3 rings (SSSR count). The van der Waals surface area contributed by atoms with Gasteiger partial charge in [0.2, 0.25) is 5.91 Å². The number of rotatable bonds is 8. The highest BCUT2D eigenvalue weighted by Crippen LogP contribution is 2.26. The second kappa shape index (κ2) is 8.75. The summed E-state index contributed by atoms with van der Waals surface area (Å²) in [5.74, 6) is 1.59. The van der Waals surface area contributed by atoms with Crippen molar-refractivity contribution in [2.45, 2.75) is 44.7 Å². The van der Waals surface area contributed by atoms with E-state index >= 15 is 0 Å². The van der Waals surface area contributed by atoms with Crippen LogP contribution in [0.1, 0.15) is 37.4 Å². The van der Waals surface area contributed by atoms with Gasteiger partial charge < -0.3 is 14.2 Å². The van der Waals surface area contributed by atoms with Crippen LogP contribution < -0.4 is 0 Å². The van der Waals surface area contributed by atoms with Gasteiger partial charge in [-0.05, 0) is 19.3 Å². The van der Waals surface area contributed by atoms with Gasteiger partial charge in [0, 0.05) is 58.0 Å². The average Bonchev–Trinajstić information content (AvgIpc) is 3.31. The third-order valence-electron chi connectivity index (χ3n) is 4.67. The second-order valence-corrected chi connectivity index (χ2v) is 6.41. The van der Waals surface area contributed by atoms with Gasteiger partial charge in [0.05, 0.1) is 6.61 Å². The van der Waals surface area contributed by atoms with Gasteiger partial charge >= 0.3 is 0 Å². The monoisotopic (exact) mass is 346 g/mol. The fourth-order valence-electron chi connectivity index (χ4n) is 3.37. The number of aromatic nitrogens is 5. The number of piperidine rings is 1. The van der Waals surface area contributed by atoms with Crippen LogP contribution in [0.4, 0.5) is 0 Å². The van der Waals surface area contributed by atoms with E-state index in [4.69, 9.17) is 4.74 Å². The summed E-state index contributed by atoms with van der Waals surface area (Å²) in [6.07, 6.45) is 10.5. The van der Waals surface area contributed by atoms with E-state index < -0.39 is 0 Å². The van der Waals surface area contributed by atoms with E-state index in [1.165, 1.54) is 6.33 Å². The molecule has 0 radical (unpaired) electrons. The standard InChI is InChI=1S/C17H26N6O2/c1-25-11-10-21-9-6-19-17(21)15-4-2-7-22(12-15)16(24)5-3-8-23-14-18-13-20-23/h6,9,13-15H,2-5,7-8,10-12H2,1H3. The molecule has 1 unspecified atom stereocenters. The molecule has 1 fully saturated rings. The zero-order valence-corrected chi connectivity index (χ0v) is 14.8. The zero-order valence-electron chi connectivity index (χ0n) is 14.8. The number of aryl methyl sites for hydroxylation is 1. The topological polar surface area (TPSA) is 78.1 Å². The minimum absolute atomic E-state index is 0.222. The number of amides is 1. The Morgan fingerprint density at radius 1 is 1.40 bits per heavy atom. The van der Waals surface area contributed by atoms with Gasteiger partial charge in [-0.1, -0.05) is 0 Å². The van der Waals surface area contributed by atoms with Crippen LogP contribution in [0, 0.1) is 0 Å². The van der Waals surface area contributed by atoms with Crippen LogP contribution in [0.15, 0.2) is 25.0 Å². The number of likely N-dealkylation sites (tertiary alicyclic amines) is 1. The molecule has 0 bridgehead atoms. The molecule has 1 saturated heterocycles. The molecule has 136 valence electrons. The van der Waals surface area contributed by atoms with Crippen LogP contribution in [0.5, 0.6) is 0 Å². The second-order valence-electron chi connectivity index (χ2n) is 6.41. The highest BCUT2D eigenvalue weighted by Gasteiger charge is 2.27. The van der Waals surface area contributed by atoms with Gasteiger partial charge in [-0.25, -0.2) is 9.97 Å². The van der Waals surface area contributed by atoms with E-state index in [9.17, 15) is 4.79 Å². The van der Waals surface area contributed by atoms with Crippen molar-refractivity contribution in [1.82, 2.24) is 29.2 Å². The minimum Gasteiger partial charge on any atom is -0.383 e. The first-order valence-corrected chi connectivity index (χ1v) is 8.88. The van der Waals surface area contributed by atoms with Gasteiger partial charge in [0.1, 0.15) is 18.5 Å². The number of ether oxygens (including phenoxy) is 1. The lowest BCUT2D eigenvalue weighted by Gasteiger charge is -2.32. The predicted octanol–water partition coefficient (Wildman–Crippen LogP) is 1.31. The lowest BCUT2D eigenvalue weighted by Crippen LogP contribution is -2.39.